The van der Waals surface area contributed by atoms with E-state index in [9.17, 15) is 14.0 Å². The highest BCUT2D eigenvalue weighted by atomic mass is 19.1. The minimum Gasteiger partial charge on any atom is -0.373 e. The summed E-state index contributed by atoms with van der Waals surface area (Å²) in [5.74, 6) is -0.947. The molecule has 1 aliphatic rings. The van der Waals surface area contributed by atoms with E-state index in [-0.39, 0.29) is 36.4 Å². The summed E-state index contributed by atoms with van der Waals surface area (Å²) in [7, 11) is 0. The third kappa shape index (κ3) is 5.37. The lowest BCUT2D eigenvalue weighted by Gasteiger charge is -2.34. The molecule has 7 heteroatoms. The number of halogens is 1. The van der Waals surface area contributed by atoms with Crippen molar-refractivity contribution in [1.29, 1.82) is 0 Å². The molecule has 2 atom stereocenters. The van der Waals surface area contributed by atoms with Crippen LogP contribution in [-0.4, -0.2) is 48.6 Å². The van der Waals surface area contributed by atoms with Gasteiger partial charge >= 0.3 is 0 Å². The number of morpholine rings is 1. The summed E-state index contributed by atoms with van der Waals surface area (Å²) < 4.78 is 18.7. The number of para-hydroxylation sites is 1. The van der Waals surface area contributed by atoms with Gasteiger partial charge in [0.15, 0.2) is 0 Å². The molecule has 1 heterocycles. The van der Waals surface area contributed by atoms with Crippen molar-refractivity contribution in [1.82, 2.24) is 4.90 Å². The van der Waals surface area contributed by atoms with E-state index in [4.69, 9.17) is 4.74 Å². The number of rotatable bonds is 5. The van der Waals surface area contributed by atoms with Crippen molar-refractivity contribution in [3.05, 3.63) is 59.9 Å². The number of nitrogens with zero attached hydrogens (tertiary/aromatic N) is 1. The van der Waals surface area contributed by atoms with Crippen molar-refractivity contribution in [2.75, 3.05) is 30.3 Å². The second-order valence-corrected chi connectivity index (χ2v) is 7.01. The molecule has 0 saturated carbocycles. The number of nitrogens with one attached hydrogen (secondary N) is 2. The van der Waals surface area contributed by atoms with E-state index in [1.165, 1.54) is 24.3 Å². The Morgan fingerprint density at radius 1 is 1.04 bits per heavy atom. The molecule has 2 N–H and O–H groups in total. The van der Waals surface area contributed by atoms with Crippen LogP contribution in [0.5, 0.6) is 0 Å². The van der Waals surface area contributed by atoms with E-state index < -0.39 is 0 Å². The first-order chi connectivity index (χ1) is 13.4. The first-order valence-electron chi connectivity index (χ1n) is 9.24. The highest BCUT2D eigenvalue weighted by molar-refractivity contribution is 6.10. The molecule has 2 amide bonds. The van der Waals surface area contributed by atoms with E-state index in [1.807, 2.05) is 18.7 Å². The zero-order valence-corrected chi connectivity index (χ0v) is 15.9. The maximum atomic E-state index is 13.0. The fourth-order valence-corrected chi connectivity index (χ4v) is 3.33. The van der Waals surface area contributed by atoms with Crippen LogP contribution < -0.4 is 10.6 Å². The Hall–Kier alpha value is -2.77. The molecule has 0 radical (unpaired) electrons. The maximum absolute atomic E-state index is 13.0. The Kier molecular flexibility index (Phi) is 6.38. The Morgan fingerprint density at radius 2 is 1.68 bits per heavy atom. The lowest BCUT2D eigenvalue weighted by Crippen LogP contribution is -2.48. The molecule has 0 unspecified atom stereocenters. The van der Waals surface area contributed by atoms with Gasteiger partial charge < -0.3 is 15.4 Å². The molecular formula is C21H24FN3O3. The number of benzene rings is 2. The van der Waals surface area contributed by atoms with Gasteiger partial charge in [-0.1, -0.05) is 12.1 Å². The van der Waals surface area contributed by atoms with Gasteiger partial charge in [0, 0.05) is 18.8 Å². The molecule has 1 fully saturated rings. The van der Waals surface area contributed by atoms with Crippen molar-refractivity contribution >= 4 is 23.2 Å². The van der Waals surface area contributed by atoms with Gasteiger partial charge in [-0.25, -0.2) is 4.39 Å². The average molecular weight is 385 g/mol. The van der Waals surface area contributed by atoms with E-state index in [0.29, 0.717) is 30.0 Å². The fourth-order valence-electron chi connectivity index (χ4n) is 3.33. The van der Waals surface area contributed by atoms with E-state index in [1.54, 1.807) is 24.3 Å². The Labute approximate surface area is 163 Å². The number of anilines is 2. The zero-order chi connectivity index (χ0) is 20.1. The van der Waals surface area contributed by atoms with Gasteiger partial charge in [-0.15, -0.1) is 0 Å². The third-order valence-corrected chi connectivity index (χ3v) is 4.41. The molecule has 148 valence electrons. The minimum atomic E-state index is -0.379. The largest absolute Gasteiger partial charge is 0.373 e. The number of carbonyl (C=O) groups is 2. The standard InChI is InChI=1S/C21H24FN3O3/c1-14-11-25(12-15(2)28-14)13-20(26)24-19-6-4-3-5-18(19)21(27)23-17-9-7-16(22)8-10-17/h3-10,14-15H,11-13H2,1-2H3,(H,23,27)(H,24,26)/t14-,15-/m1/s1. The van der Waals surface area contributed by atoms with Crippen LogP contribution in [-0.2, 0) is 9.53 Å². The quantitative estimate of drug-likeness (QED) is 0.830. The van der Waals surface area contributed by atoms with Crippen molar-refractivity contribution in [2.24, 2.45) is 0 Å². The average Bonchev–Trinajstić information content (AvgIpc) is 2.63. The number of amides is 2. The smallest absolute Gasteiger partial charge is 0.257 e. The molecular weight excluding hydrogens is 361 g/mol. The molecule has 0 aromatic heterocycles. The van der Waals surface area contributed by atoms with Gasteiger partial charge in [-0.2, -0.15) is 0 Å². The van der Waals surface area contributed by atoms with Crippen molar-refractivity contribution in [3.63, 3.8) is 0 Å². The lowest BCUT2D eigenvalue weighted by molar-refractivity contribution is -0.121. The van der Waals surface area contributed by atoms with Gasteiger partial charge in [-0.3, -0.25) is 14.5 Å². The zero-order valence-electron chi connectivity index (χ0n) is 15.9. The Balaban J connectivity index is 1.65. The molecule has 2 aromatic carbocycles. The van der Waals surface area contributed by atoms with Crippen molar-refractivity contribution < 1.29 is 18.7 Å². The van der Waals surface area contributed by atoms with Crippen LogP contribution >= 0.6 is 0 Å². The topological polar surface area (TPSA) is 70.7 Å². The predicted molar refractivity (Wildman–Crippen MR) is 106 cm³/mol. The van der Waals surface area contributed by atoms with Crippen LogP contribution in [0, 0.1) is 5.82 Å². The van der Waals surface area contributed by atoms with Gasteiger partial charge in [-0.05, 0) is 50.2 Å². The van der Waals surface area contributed by atoms with Crippen LogP contribution in [0.3, 0.4) is 0 Å². The maximum Gasteiger partial charge on any atom is 0.257 e. The SMILES string of the molecule is C[C@@H]1CN(CC(=O)Nc2ccccc2C(=O)Nc2ccc(F)cc2)C[C@@H](C)O1. The van der Waals surface area contributed by atoms with Crippen LogP contribution in [0.25, 0.3) is 0 Å². The van der Waals surface area contributed by atoms with Gasteiger partial charge in [0.2, 0.25) is 5.91 Å². The second kappa shape index (κ2) is 8.95. The Bertz CT molecular complexity index is 831. The second-order valence-electron chi connectivity index (χ2n) is 7.01. The summed E-state index contributed by atoms with van der Waals surface area (Å²) in [6.45, 7) is 5.56. The third-order valence-electron chi connectivity index (χ3n) is 4.41. The predicted octanol–water partition coefficient (Wildman–Crippen LogP) is 3.13. The van der Waals surface area contributed by atoms with E-state index >= 15 is 0 Å². The van der Waals surface area contributed by atoms with Crippen LogP contribution in [0.15, 0.2) is 48.5 Å². The van der Waals surface area contributed by atoms with Crippen molar-refractivity contribution in [2.45, 2.75) is 26.1 Å². The first-order valence-corrected chi connectivity index (χ1v) is 9.24. The fraction of sp³-hybridized carbons (Fsp3) is 0.333. The summed E-state index contributed by atoms with van der Waals surface area (Å²) >= 11 is 0. The number of hydrogen-bond donors (Lipinski definition) is 2. The molecule has 2 aromatic rings. The molecule has 3 rings (SSSR count). The monoisotopic (exact) mass is 385 g/mol. The molecule has 0 aliphatic carbocycles. The van der Waals surface area contributed by atoms with Crippen LogP contribution in [0.2, 0.25) is 0 Å². The van der Waals surface area contributed by atoms with Gasteiger partial charge in [0.25, 0.3) is 5.91 Å². The van der Waals surface area contributed by atoms with Crippen molar-refractivity contribution in [3.8, 4) is 0 Å². The summed E-state index contributed by atoms with van der Waals surface area (Å²) in [6, 6.07) is 12.3. The van der Waals surface area contributed by atoms with Crippen LogP contribution in [0.4, 0.5) is 15.8 Å². The highest BCUT2D eigenvalue weighted by Gasteiger charge is 2.24. The molecule has 6 nitrogen and oxygen atoms in total. The number of ether oxygens (including phenoxy) is 1. The number of carbonyl (C=O) groups excluding carboxylic acids is 2. The first kappa shape index (κ1) is 20.0. The van der Waals surface area contributed by atoms with E-state index in [2.05, 4.69) is 10.6 Å². The van der Waals surface area contributed by atoms with Gasteiger partial charge in [0.05, 0.1) is 30.0 Å². The molecule has 28 heavy (non-hydrogen) atoms. The highest BCUT2D eigenvalue weighted by Crippen LogP contribution is 2.18. The summed E-state index contributed by atoms with van der Waals surface area (Å²) in [5, 5.41) is 5.53. The summed E-state index contributed by atoms with van der Waals surface area (Å²) in [6.07, 6.45) is 0.149. The molecule has 0 bridgehead atoms. The molecule has 1 aliphatic heterocycles. The molecule has 0 spiro atoms. The summed E-state index contributed by atoms with van der Waals surface area (Å²) in [4.78, 5) is 27.1. The van der Waals surface area contributed by atoms with Gasteiger partial charge in [0.1, 0.15) is 5.82 Å². The lowest BCUT2D eigenvalue weighted by atomic mass is 10.1. The Morgan fingerprint density at radius 3 is 2.36 bits per heavy atom. The number of hydrogen-bond acceptors (Lipinski definition) is 4. The van der Waals surface area contributed by atoms with Crippen LogP contribution in [0.1, 0.15) is 24.2 Å². The normalized spacial score (nSPS) is 19.8. The molecule has 1 saturated heterocycles. The summed E-state index contributed by atoms with van der Waals surface area (Å²) in [5.41, 5.74) is 1.24. The van der Waals surface area contributed by atoms with E-state index in [0.717, 1.165) is 0 Å². The minimum absolute atomic E-state index is 0.0744.